The molecule has 1 spiro atoms. The summed E-state index contributed by atoms with van der Waals surface area (Å²) in [6.45, 7) is 4.47. The molecule has 130 valence electrons. The largest absolute Gasteiger partial charge is 0.343 e. The third-order valence-electron chi connectivity index (χ3n) is 5.02. The Kier molecular flexibility index (Phi) is 4.75. The third-order valence-corrected chi connectivity index (χ3v) is 5.25. The molecule has 2 aliphatic heterocycles. The Morgan fingerprint density at radius 2 is 1.80 bits per heavy atom. The zero-order chi connectivity index (χ0) is 17.1. The summed E-state index contributed by atoms with van der Waals surface area (Å²) in [7, 11) is 0. The third kappa shape index (κ3) is 3.56. The minimum atomic E-state index is -0.0383. The van der Waals surface area contributed by atoms with Crippen LogP contribution in [0, 0.1) is 5.41 Å². The Morgan fingerprint density at radius 3 is 2.60 bits per heavy atom. The summed E-state index contributed by atoms with van der Waals surface area (Å²) in [5.41, 5.74) is 3.62. The lowest BCUT2D eigenvalue weighted by Gasteiger charge is -2.39. The van der Waals surface area contributed by atoms with Crippen molar-refractivity contribution in [1.29, 1.82) is 0 Å². The number of fused-ring (bicyclic) bond motifs is 1. The van der Waals surface area contributed by atoms with Crippen LogP contribution in [0.1, 0.15) is 11.1 Å². The molecule has 0 amide bonds. The molecule has 0 bridgehead atoms. The zero-order valence-electron chi connectivity index (χ0n) is 14.2. The molecule has 1 saturated heterocycles. The second kappa shape index (κ2) is 7.16. The van der Waals surface area contributed by atoms with Gasteiger partial charge in [0.25, 0.3) is 0 Å². The highest BCUT2D eigenvalue weighted by Gasteiger charge is 2.40. The Morgan fingerprint density at radius 1 is 1.00 bits per heavy atom. The van der Waals surface area contributed by atoms with Gasteiger partial charge in [0.15, 0.2) is 0 Å². The molecule has 5 heteroatoms. The van der Waals surface area contributed by atoms with E-state index in [9.17, 15) is 0 Å². The van der Waals surface area contributed by atoms with Gasteiger partial charge in [-0.25, -0.2) is 0 Å². The molecule has 0 unspecified atom stereocenters. The Bertz CT molecular complexity index is 779. The molecule has 1 fully saturated rings. The van der Waals surface area contributed by atoms with Gasteiger partial charge in [0.05, 0.1) is 12.0 Å². The fourth-order valence-electron chi connectivity index (χ4n) is 3.70. The minimum Gasteiger partial charge on any atom is -0.343 e. The van der Waals surface area contributed by atoms with Crippen molar-refractivity contribution >= 4 is 23.1 Å². The van der Waals surface area contributed by atoms with Gasteiger partial charge in [0.1, 0.15) is 5.84 Å². The first-order chi connectivity index (χ1) is 12.3. The van der Waals surface area contributed by atoms with Crippen molar-refractivity contribution in [3.05, 3.63) is 64.7 Å². The SMILES string of the molecule is Clc1cccc(CN=C2Nc3ccccc3CC23CNCCNC3)c1. The summed E-state index contributed by atoms with van der Waals surface area (Å²) < 4.78 is 0. The Hall–Kier alpha value is -1.88. The first kappa shape index (κ1) is 16.6. The van der Waals surface area contributed by atoms with Gasteiger partial charge in [-0.05, 0) is 35.7 Å². The molecule has 0 saturated carbocycles. The molecule has 2 aliphatic rings. The average molecular weight is 355 g/mol. The van der Waals surface area contributed by atoms with Crippen molar-refractivity contribution in [2.45, 2.75) is 13.0 Å². The molecule has 2 heterocycles. The van der Waals surface area contributed by atoms with E-state index in [1.165, 1.54) is 11.3 Å². The number of para-hydroxylation sites is 1. The number of aliphatic imine (C=N–C) groups is 1. The first-order valence-electron chi connectivity index (χ1n) is 8.81. The van der Waals surface area contributed by atoms with E-state index in [0.717, 1.165) is 49.0 Å². The Balaban J connectivity index is 1.67. The van der Waals surface area contributed by atoms with E-state index in [4.69, 9.17) is 16.6 Å². The standard InChI is InChI=1S/C20H23ClN4/c21-17-6-3-4-15(10-17)12-24-19-20(13-22-8-9-23-14-20)11-16-5-1-2-7-18(16)25-19/h1-7,10,22-23H,8-9,11-14H2,(H,24,25). The molecule has 25 heavy (non-hydrogen) atoms. The van der Waals surface area contributed by atoms with Crippen molar-refractivity contribution < 1.29 is 0 Å². The summed E-state index contributed by atoms with van der Waals surface area (Å²) >= 11 is 6.11. The van der Waals surface area contributed by atoms with Crippen molar-refractivity contribution in [3.63, 3.8) is 0 Å². The molecule has 4 nitrogen and oxygen atoms in total. The fourth-order valence-corrected chi connectivity index (χ4v) is 3.92. The van der Waals surface area contributed by atoms with E-state index in [1.54, 1.807) is 0 Å². The number of hydrogen-bond donors (Lipinski definition) is 3. The molecule has 2 aromatic rings. The molecular formula is C20H23ClN4. The van der Waals surface area contributed by atoms with E-state index in [-0.39, 0.29) is 5.41 Å². The number of anilines is 1. The lowest BCUT2D eigenvalue weighted by molar-refractivity contribution is 0.394. The lowest BCUT2D eigenvalue weighted by Crippen LogP contribution is -2.51. The predicted octanol–water partition coefficient (Wildman–Crippen LogP) is 3.09. The van der Waals surface area contributed by atoms with E-state index in [1.807, 2.05) is 18.2 Å². The van der Waals surface area contributed by atoms with E-state index in [0.29, 0.717) is 6.54 Å². The van der Waals surface area contributed by atoms with Crippen LogP contribution in [-0.4, -0.2) is 32.0 Å². The molecule has 3 N–H and O–H groups in total. The van der Waals surface area contributed by atoms with Crippen LogP contribution in [0.2, 0.25) is 5.02 Å². The van der Waals surface area contributed by atoms with E-state index >= 15 is 0 Å². The maximum atomic E-state index is 6.11. The second-order valence-electron chi connectivity index (χ2n) is 6.89. The van der Waals surface area contributed by atoms with Gasteiger partial charge < -0.3 is 16.0 Å². The number of benzene rings is 2. The van der Waals surface area contributed by atoms with Crippen LogP contribution in [0.4, 0.5) is 5.69 Å². The van der Waals surface area contributed by atoms with Crippen LogP contribution < -0.4 is 16.0 Å². The number of hydrogen-bond acceptors (Lipinski definition) is 3. The maximum absolute atomic E-state index is 6.11. The second-order valence-corrected chi connectivity index (χ2v) is 7.32. The number of halogens is 1. The average Bonchev–Trinajstić information content (AvgIpc) is 2.86. The number of rotatable bonds is 2. The van der Waals surface area contributed by atoms with Crippen molar-refractivity contribution in [3.8, 4) is 0 Å². The minimum absolute atomic E-state index is 0.0383. The van der Waals surface area contributed by atoms with Gasteiger partial charge in [-0.3, -0.25) is 4.99 Å². The van der Waals surface area contributed by atoms with Gasteiger partial charge in [-0.2, -0.15) is 0 Å². The zero-order valence-corrected chi connectivity index (χ0v) is 14.9. The van der Waals surface area contributed by atoms with Crippen LogP contribution in [0.5, 0.6) is 0 Å². The van der Waals surface area contributed by atoms with Gasteiger partial charge in [-0.1, -0.05) is 41.9 Å². The molecule has 0 radical (unpaired) electrons. The highest BCUT2D eigenvalue weighted by Crippen LogP contribution is 2.34. The smallest absolute Gasteiger partial charge is 0.110 e. The molecule has 0 aliphatic carbocycles. The van der Waals surface area contributed by atoms with Crippen LogP contribution in [0.3, 0.4) is 0 Å². The highest BCUT2D eigenvalue weighted by atomic mass is 35.5. The fraction of sp³-hybridized carbons (Fsp3) is 0.350. The quantitative estimate of drug-likeness (QED) is 0.776. The summed E-state index contributed by atoms with van der Waals surface area (Å²) in [5.74, 6) is 1.06. The highest BCUT2D eigenvalue weighted by molar-refractivity contribution is 6.30. The first-order valence-corrected chi connectivity index (χ1v) is 9.19. The molecule has 4 rings (SSSR count). The van der Waals surface area contributed by atoms with Crippen LogP contribution >= 0.6 is 11.6 Å². The summed E-state index contributed by atoms with van der Waals surface area (Å²) in [5, 5.41) is 11.5. The normalized spacial score (nSPS) is 20.8. The monoisotopic (exact) mass is 354 g/mol. The summed E-state index contributed by atoms with van der Waals surface area (Å²) in [4.78, 5) is 4.98. The van der Waals surface area contributed by atoms with Crippen molar-refractivity contribution in [1.82, 2.24) is 10.6 Å². The molecule has 2 aromatic carbocycles. The van der Waals surface area contributed by atoms with Gasteiger partial charge in [0.2, 0.25) is 0 Å². The van der Waals surface area contributed by atoms with E-state index < -0.39 is 0 Å². The molecule has 0 aromatic heterocycles. The van der Waals surface area contributed by atoms with Crippen molar-refractivity contribution in [2.24, 2.45) is 10.4 Å². The topological polar surface area (TPSA) is 48.5 Å². The summed E-state index contributed by atoms with van der Waals surface area (Å²) in [6, 6.07) is 16.5. The number of nitrogens with one attached hydrogen (secondary N) is 3. The van der Waals surface area contributed by atoms with Crippen LogP contribution in [0.25, 0.3) is 0 Å². The van der Waals surface area contributed by atoms with Crippen molar-refractivity contribution in [2.75, 3.05) is 31.5 Å². The predicted molar refractivity (Wildman–Crippen MR) is 105 cm³/mol. The lowest BCUT2D eigenvalue weighted by atomic mass is 9.77. The van der Waals surface area contributed by atoms with Crippen LogP contribution in [-0.2, 0) is 13.0 Å². The van der Waals surface area contributed by atoms with E-state index in [2.05, 4.69) is 46.3 Å². The number of amidine groups is 1. The molecule has 0 atom stereocenters. The van der Waals surface area contributed by atoms with Gasteiger partial charge in [-0.15, -0.1) is 0 Å². The number of nitrogens with zero attached hydrogens (tertiary/aromatic N) is 1. The summed E-state index contributed by atoms with van der Waals surface area (Å²) in [6.07, 6.45) is 0.991. The Labute approximate surface area is 153 Å². The van der Waals surface area contributed by atoms with Gasteiger partial charge >= 0.3 is 0 Å². The molecular weight excluding hydrogens is 332 g/mol. The maximum Gasteiger partial charge on any atom is 0.110 e. The van der Waals surface area contributed by atoms with Gasteiger partial charge in [0, 0.05) is 36.9 Å². The van der Waals surface area contributed by atoms with Crippen LogP contribution in [0.15, 0.2) is 53.5 Å².